The van der Waals surface area contributed by atoms with Crippen molar-refractivity contribution in [1.29, 1.82) is 0 Å². The number of benzene rings is 2. The first-order chi connectivity index (χ1) is 15.3. The van der Waals surface area contributed by atoms with Crippen molar-refractivity contribution < 1.29 is 22.7 Å². The number of hydrogen-bond donors (Lipinski definition) is 1. The van der Waals surface area contributed by atoms with Gasteiger partial charge < -0.3 is 10.1 Å². The molecule has 2 aromatic carbocycles. The van der Waals surface area contributed by atoms with Crippen molar-refractivity contribution >= 4 is 21.7 Å². The largest absolute Gasteiger partial charge is 0.377 e. The van der Waals surface area contributed by atoms with Crippen molar-refractivity contribution in [3.8, 4) is 0 Å². The second-order valence-electron chi connectivity index (χ2n) is 7.93. The molecule has 32 heavy (non-hydrogen) atoms. The normalized spacial score (nSPS) is 15.4. The number of amides is 1. The Hall–Kier alpha value is -2.55. The summed E-state index contributed by atoms with van der Waals surface area (Å²) in [5.41, 5.74) is 2.57. The van der Waals surface area contributed by atoms with Gasteiger partial charge in [-0.1, -0.05) is 36.4 Å². The van der Waals surface area contributed by atoms with E-state index in [0.717, 1.165) is 11.1 Å². The summed E-state index contributed by atoms with van der Waals surface area (Å²) in [6, 6.07) is 13.9. The van der Waals surface area contributed by atoms with Gasteiger partial charge >= 0.3 is 0 Å². The third kappa shape index (κ3) is 6.03. The Morgan fingerprint density at radius 1 is 1.00 bits per heavy atom. The molecule has 0 bridgehead atoms. The number of nitrogens with zero attached hydrogens (tertiary/aromatic N) is 1. The molecule has 0 atom stereocenters. The van der Waals surface area contributed by atoms with Gasteiger partial charge in [0.2, 0.25) is 15.9 Å². The standard InChI is InChI=1S/C24H30N2O5S/c1-3-31-17-20-6-4-19(5-7-20)16-25-24(28)22-12-14-26(15-13-22)32(29,30)23-10-8-21(9-11-23)18(2)27/h4-11,22H,3,12-17H2,1-2H3,(H,25,28). The number of ether oxygens (including phenoxy) is 1. The van der Waals surface area contributed by atoms with Crippen LogP contribution in [-0.4, -0.2) is 44.1 Å². The monoisotopic (exact) mass is 458 g/mol. The predicted octanol–water partition coefficient (Wildman–Crippen LogP) is 3.14. The van der Waals surface area contributed by atoms with E-state index in [0.29, 0.717) is 51.3 Å². The van der Waals surface area contributed by atoms with Crippen LogP contribution in [0.25, 0.3) is 0 Å². The van der Waals surface area contributed by atoms with Crippen LogP contribution in [0.2, 0.25) is 0 Å². The van der Waals surface area contributed by atoms with Crippen molar-refractivity contribution in [2.24, 2.45) is 5.92 Å². The molecule has 0 spiro atoms. The van der Waals surface area contributed by atoms with Gasteiger partial charge in [0.05, 0.1) is 11.5 Å². The van der Waals surface area contributed by atoms with E-state index in [9.17, 15) is 18.0 Å². The fourth-order valence-corrected chi connectivity index (χ4v) is 5.15. The maximum absolute atomic E-state index is 12.9. The van der Waals surface area contributed by atoms with E-state index in [4.69, 9.17) is 4.74 Å². The fourth-order valence-electron chi connectivity index (χ4n) is 3.68. The minimum absolute atomic E-state index is 0.0498. The number of nitrogens with one attached hydrogen (secondary N) is 1. The summed E-state index contributed by atoms with van der Waals surface area (Å²) in [4.78, 5) is 24.1. The first-order valence-electron chi connectivity index (χ1n) is 10.9. The first-order valence-corrected chi connectivity index (χ1v) is 12.3. The van der Waals surface area contributed by atoms with E-state index in [2.05, 4.69) is 5.32 Å². The highest BCUT2D eigenvalue weighted by Crippen LogP contribution is 2.24. The Kier molecular flexibility index (Phi) is 8.17. The highest BCUT2D eigenvalue weighted by Gasteiger charge is 2.32. The molecule has 0 unspecified atom stereocenters. The second kappa shape index (κ2) is 10.8. The second-order valence-corrected chi connectivity index (χ2v) is 9.87. The van der Waals surface area contributed by atoms with Gasteiger partial charge in [0.25, 0.3) is 0 Å². The van der Waals surface area contributed by atoms with Crippen LogP contribution >= 0.6 is 0 Å². The number of carbonyl (C=O) groups is 2. The molecule has 7 nitrogen and oxygen atoms in total. The average molecular weight is 459 g/mol. The molecule has 2 aromatic rings. The van der Waals surface area contributed by atoms with Gasteiger partial charge in [0.1, 0.15) is 0 Å². The molecule has 1 N–H and O–H groups in total. The summed E-state index contributed by atoms with van der Waals surface area (Å²) >= 11 is 0. The number of rotatable bonds is 9. The van der Waals surface area contributed by atoms with E-state index in [-0.39, 0.29) is 22.5 Å². The molecule has 1 fully saturated rings. The average Bonchev–Trinajstić information content (AvgIpc) is 2.82. The molecular weight excluding hydrogens is 428 g/mol. The summed E-state index contributed by atoms with van der Waals surface area (Å²) in [6.07, 6.45) is 0.952. The fraction of sp³-hybridized carbons (Fsp3) is 0.417. The van der Waals surface area contributed by atoms with Gasteiger partial charge in [0.15, 0.2) is 5.78 Å². The van der Waals surface area contributed by atoms with Crippen molar-refractivity contribution in [3.05, 3.63) is 65.2 Å². The lowest BCUT2D eigenvalue weighted by Gasteiger charge is -2.30. The molecule has 1 amide bonds. The lowest BCUT2D eigenvalue weighted by atomic mass is 9.97. The van der Waals surface area contributed by atoms with E-state index in [1.165, 1.54) is 35.5 Å². The lowest BCUT2D eigenvalue weighted by Crippen LogP contribution is -2.42. The third-order valence-electron chi connectivity index (χ3n) is 5.69. The van der Waals surface area contributed by atoms with Crippen molar-refractivity contribution in [3.63, 3.8) is 0 Å². The van der Waals surface area contributed by atoms with Crippen LogP contribution < -0.4 is 5.32 Å². The molecule has 0 aromatic heterocycles. The zero-order chi connectivity index (χ0) is 23.1. The summed E-state index contributed by atoms with van der Waals surface area (Å²) in [6.45, 7) is 5.67. The Balaban J connectivity index is 1.50. The van der Waals surface area contributed by atoms with Gasteiger partial charge in [-0.3, -0.25) is 9.59 Å². The molecule has 172 valence electrons. The lowest BCUT2D eigenvalue weighted by molar-refractivity contribution is -0.126. The van der Waals surface area contributed by atoms with Crippen LogP contribution in [-0.2, 0) is 32.7 Å². The van der Waals surface area contributed by atoms with Gasteiger partial charge in [-0.25, -0.2) is 8.42 Å². The molecular formula is C24H30N2O5S. The van der Waals surface area contributed by atoms with Gasteiger partial charge in [-0.15, -0.1) is 0 Å². The number of ketones is 1. The van der Waals surface area contributed by atoms with Crippen LogP contribution in [0.3, 0.4) is 0 Å². The number of sulfonamides is 1. The van der Waals surface area contributed by atoms with Gasteiger partial charge in [0, 0.05) is 37.7 Å². The molecule has 8 heteroatoms. The zero-order valence-electron chi connectivity index (χ0n) is 18.5. The van der Waals surface area contributed by atoms with Gasteiger partial charge in [-0.05, 0) is 49.9 Å². The smallest absolute Gasteiger partial charge is 0.243 e. The maximum Gasteiger partial charge on any atom is 0.243 e. The van der Waals surface area contributed by atoms with Crippen LogP contribution in [0.15, 0.2) is 53.4 Å². The molecule has 1 aliphatic rings. The maximum atomic E-state index is 12.9. The number of piperidine rings is 1. The predicted molar refractivity (Wildman–Crippen MR) is 122 cm³/mol. The minimum Gasteiger partial charge on any atom is -0.377 e. The van der Waals surface area contributed by atoms with Crippen LogP contribution in [0, 0.1) is 5.92 Å². The van der Waals surface area contributed by atoms with Gasteiger partial charge in [-0.2, -0.15) is 4.31 Å². The quantitative estimate of drug-likeness (QED) is 0.583. The Morgan fingerprint density at radius 2 is 1.59 bits per heavy atom. The molecule has 1 saturated heterocycles. The minimum atomic E-state index is -3.64. The SMILES string of the molecule is CCOCc1ccc(CNC(=O)C2CCN(S(=O)(=O)c3ccc(C(C)=O)cc3)CC2)cc1. The summed E-state index contributed by atoms with van der Waals surface area (Å²) < 4.78 is 32.6. The van der Waals surface area contributed by atoms with Crippen LogP contribution in [0.5, 0.6) is 0 Å². The molecule has 3 rings (SSSR count). The summed E-state index contributed by atoms with van der Waals surface area (Å²) in [5.74, 6) is -0.368. The van der Waals surface area contributed by atoms with Crippen LogP contribution in [0.4, 0.5) is 0 Å². The number of carbonyl (C=O) groups excluding carboxylic acids is 2. The first kappa shape index (κ1) is 24.1. The Morgan fingerprint density at radius 3 is 2.16 bits per heavy atom. The summed E-state index contributed by atoms with van der Waals surface area (Å²) in [7, 11) is -3.64. The van der Waals surface area contributed by atoms with Crippen molar-refractivity contribution in [2.45, 2.75) is 44.7 Å². The van der Waals surface area contributed by atoms with Crippen LogP contribution in [0.1, 0.15) is 48.2 Å². The van der Waals surface area contributed by atoms with Crippen molar-refractivity contribution in [1.82, 2.24) is 9.62 Å². The van der Waals surface area contributed by atoms with E-state index in [1.807, 2.05) is 31.2 Å². The molecule has 0 saturated carbocycles. The topological polar surface area (TPSA) is 92.8 Å². The molecule has 1 heterocycles. The molecule has 0 aliphatic carbocycles. The van der Waals surface area contributed by atoms with Crippen molar-refractivity contribution in [2.75, 3.05) is 19.7 Å². The van der Waals surface area contributed by atoms with E-state index >= 15 is 0 Å². The highest BCUT2D eigenvalue weighted by molar-refractivity contribution is 7.89. The van der Waals surface area contributed by atoms with E-state index in [1.54, 1.807) is 0 Å². The number of Topliss-reactive ketones (excluding diaryl/α,β-unsaturated/α-hetero) is 1. The van der Waals surface area contributed by atoms with E-state index < -0.39 is 10.0 Å². The highest BCUT2D eigenvalue weighted by atomic mass is 32.2. The third-order valence-corrected chi connectivity index (χ3v) is 7.60. The zero-order valence-corrected chi connectivity index (χ0v) is 19.4. The molecule has 0 radical (unpaired) electrons. The summed E-state index contributed by atoms with van der Waals surface area (Å²) in [5, 5.41) is 2.96. The Labute approximate surface area is 189 Å². The molecule has 1 aliphatic heterocycles. The Bertz CT molecular complexity index is 1030. The number of hydrogen-bond acceptors (Lipinski definition) is 5.